The summed E-state index contributed by atoms with van der Waals surface area (Å²) in [5.74, 6) is -0.105. The molecule has 0 atom stereocenters. The predicted molar refractivity (Wildman–Crippen MR) is 31.5 cm³/mol. The minimum Gasteiger partial charge on any atom is -0.469 e. The predicted octanol–water partition coefficient (Wildman–Crippen LogP) is 1.35. The van der Waals surface area contributed by atoms with Gasteiger partial charge in [-0.3, -0.25) is 4.79 Å². The molecule has 0 N–H and O–H groups in total. The Morgan fingerprint density at radius 3 is 2.62 bits per heavy atom. The maximum Gasteiger partial charge on any atom is 0.305 e. The van der Waals surface area contributed by atoms with E-state index in [1.54, 1.807) is 0 Å². The van der Waals surface area contributed by atoms with Crippen LogP contribution in [0.2, 0.25) is 0 Å². The van der Waals surface area contributed by atoms with Gasteiger partial charge in [0.25, 0.3) is 0 Å². The van der Waals surface area contributed by atoms with Crippen molar-refractivity contribution in [3.63, 3.8) is 0 Å². The van der Waals surface area contributed by atoms with Gasteiger partial charge < -0.3 is 4.74 Å². The molecule has 0 saturated heterocycles. The van der Waals surface area contributed by atoms with Gasteiger partial charge in [0, 0.05) is 6.42 Å². The van der Waals surface area contributed by atoms with Crippen LogP contribution < -0.4 is 0 Å². The molecule has 0 radical (unpaired) electrons. The highest BCUT2D eigenvalue weighted by molar-refractivity contribution is 5.68. The summed E-state index contributed by atoms with van der Waals surface area (Å²) in [7, 11) is 1.41. The van der Waals surface area contributed by atoms with E-state index < -0.39 is 0 Å². The van der Waals surface area contributed by atoms with Gasteiger partial charge in [0.15, 0.2) is 0 Å². The van der Waals surface area contributed by atoms with Crippen LogP contribution in [0.15, 0.2) is 0 Å². The number of hydrogen-bond acceptors (Lipinski definition) is 2. The van der Waals surface area contributed by atoms with Crippen molar-refractivity contribution < 1.29 is 9.53 Å². The molecule has 0 fully saturated rings. The lowest BCUT2D eigenvalue weighted by molar-refractivity contribution is -0.140. The van der Waals surface area contributed by atoms with Crippen LogP contribution in [0.3, 0.4) is 0 Å². The second-order valence-electron chi connectivity index (χ2n) is 1.68. The Kier molecular flexibility index (Phi) is 4.32. The molecule has 0 rings (SSSR count). The van der Waals surface area contributed by atoms with Crippen molar-refractivity contribution in [3.05, 3.63) is 0 Å². The lowest BCUT2D eigenvalue weighted by atomic mass is 10.4. The van der Waals surface area contributed by atoms with Crippen molar-refractivity contribution >= 4 is 5.97 Å². The third kappa shape index (κ3) is 3.65. The van der Waals surface area contributed by atoms with E-state index in [0.717, 1.165) is 12.8 Å². The number of carbonyl (C=O) groups is 1. The molecule has 0 aliphatic rings. The normalized spacial score (nSPS) is 8.75. The van der Waals surface area contributed by atoms with Crippen molar-refractivity contribution in [1.29, 1.82) is 0 Å². The second-order valence-corrected chi connectivity index (χ2v) is 1.68. The van der Waals surface area contributed by atoms with E-state index in [4.69, 9.17) is 0 Å². The van der Waals surface area contributed by atoms with Gasteiger partial charge in [0.2, 0.25) is 0 Å². The molecule has 0 aliphatic carbocycles. The number of carbonyl (C=O) groups excluding carboxylic acids is 1. The van der Waals surface area contributed by atoms with Crippen LogP contribution in [0.25, 0.3) is 0 Å². The lowest BCUT2D eigenvalue weighted by Gasteiger charge is -1.93. The maximum absolute atomic E-state index is 10.3. The van der Waals surface area contributed by atoms with Gasteiger partial charge in [-0.15, -0.1) is 0 Å². The third-order valence-corrected chi connectivity index (χ3v) is 0.962. The molecule has 0 spiro atoms. The van der Waals surface area contributed by atoms with E-state index in [0.29, 0.717) is 6.42 Å². The van der Waals surface area contributed by atoms with Crippen LogP contribution in [0.1, 0.15) is 26.2 Å². The van der Waals surface area contributed by atoms with E-state index in [-0.39, 0.29) is 5.97 Å². The van der Waals surface area contributed by atoms with Gasteiger partial charge in [-0.2, -0.15) is 0 Å². The highest BCUT2D eigenvalue weighted by Gasteiger charge is 1.95. The van der Waals surface area contributed by atoms with Gasteiger partial charge in [0.1, 0.15) is 0 Å². The first-order valence-electron chi connectivity index (χ1n) is 2.88. The first-order valence-corrected chi connectivity index (χ1v) is 2.88. The van der Waals surface area contributed by atoms with E-state index in [1.807, 2.05) is 6.92 Å². The molecule has 0 bridgehead atoms. The fraction of sp³-hybridized carbons (Fsp3) is 0.833. The van der Waals surface area contributed by atoms with E-state index in [1.165, 1.54) is 7.11 Å². The van der Waals surface area contributed by atoms with E-state index in [9.17, 15) is 4.79 Å². The Labute approximate surface area is 49.8 Å². The van der Waals surface area contributed by atoms with Gasteiger partial charge >= 0.3 is 5.97 Å². The zero-order chi connectivity index (χ0) is 6.41. The molecule has 0 unspecified atom stereocenters. The summed E-state index contributed by atoms with van der Waals surface area (Å²) < 4.78 is 4.41. The molecule has 0 aromatic carbocycles. The number of ether oxygens (including phenoxy) is 1. The Balaban J connectivity index is 2.99. The summed E-state index contributed by atoms with van der Waals surface area (Å²) in [5.41, 5.74) is 0. The second kappa shape index (κ2) is 4.62. The van der Waals surface area contributed by atoms with Gasteiger partial charge in [-0.1, -0.05) is 13.3 Å². The topological polar surface area (TPSA) is 26.3 Å². The zero-order valence-corrected chi connectivity index (χ0v) is 5.44. The smallest absolute Gasteiger partial charge is 0.305 e. The summed E-state index contributed by atoms with van der Waals surface area (Å²) in [6, 6.07) is 0. The first-order chi connectivity index (χ1) is 3.81. The van der Waals surface area contributed by atoms with Crippen LogP contribution in [-0.2, 0) is 9.53 Å². The fourth-order valence-electron chi connectivity index (χ4n) is 0.423. The number of hydrogen-bond donors (Lipinski definition) is 0. The summed E-state index contributed by atoms with van der Waals surface area (Å²) in [5, 5.41) is 0. The van der Waals surface area contributed by atoms with Crippen LogP contribution in [0.4, 0.5) is 0 Å². The number of esters is 1. The summed E-state index contributed by atoms with van der Waals surface area (Å²) >= 11 is 0. The molecule has 2 heteroatoms. The van der Waals surface area contributed by atoms with Crippen molar-refractivity contribution in [2.75, 3.05) is 7.11 Å². The first kappa shape index (κ1) is 7.47. The standard InChI is InChI=1S/C6H12O2/c1-3-4-5-6(7)8-2/h3-5H2,1-2H3/i3+1. The Morgan fingerprint density at radius 1 is 1.62 bits per heavy atom. The summed E-state index contributed by atoms with van der Waals surface area (Å²) in [6.07, 6.45) is 2.55. The molecule has 8 heavy (non-hydrogen) atoms. The Hall–Kier alpha value is -0.530. The molecule has 48 valence electrons. The molecule has 0 aromatic rings. The largest absolute Gasteiger partial charge is 0.469 e. The summed E-state index contributed by atoms with van der Waals surface area (Å²) in [6.45, 7) is 2.04. The highest BCUT2D eigenvalue weighted by atomic mass is 16.5. The van der Waals surface area contributed by atoms with Crippen LogP contribution in [0, 0.1) is 0 Å². The van der Waals surface area contributed by atoms with E-state index >= 15 is 0 Å². The molecular formula is C6H12O2. The van der Waals surface area contributed by atoms with Crippen molar-refractivity contribution in [2.24, 2.45) is 0 Å². The number of methoxy groups -OCH3 is 1. The molecule has 0 aromatic heterocycles. The quantitative estimate of drug-likeness (QED) is 0.412. The minimum absolute atomic E-state index is 0.105. The van der Waals surface area contributed by atoms with Crippen LogP contribution in [-0.4, -0.2) is 13.1 Å². The van der Waals surface area contributed by atoms with E-state index in [2.05, 4.69) is 4.74 Å². The lowest BCUT2D eigenvalue weighted by Crippen LogP contribution is -1.98. The molecule has 0 saturated carbocycles. The van der Waals surface area contributed by atoms with Crippen molar-refractivity contribution in [2.45, 2.75) is 26.2 Å². The van der Waals surface area contributed by atoms with Crippen molar-refractivity contribution in [3.8, 4) is 0 Å². The maximum atomic E-state index is 10.3. The van der Waals surface area contributed by atoms with Gasteiger partial charge in [-0.25, -0.2) is 0 Å². The molecule has 2 nitrogen and oxygen atoms in total. The Morgan fingerprint density at radius 2 is 2.25 bits per heavy atom. The SMILES string of the molecule is C[13CH2]CCC(=O)OC. The highest BCUT2D eigenvalue weighted by Crippen LogP contribution is 1.94. The Bertz CT molecular complexity index is 68.9. The van der Waals surface area contributed by atoms with Gasteiger partial charge in [-0.05, 0) is 6.42 Å². The average molecular weight is 117 g/mol. The zero-order valence-electron chi connectivity index (χ0n) is 5.44. The number of unbranched alkanes of at least 4 members (excludes halogenated alkanes) is 1. The molecular weight excluding hydrogens is 105 g/mol. The molecule has 0 amide bonds. The monoisotopic (exact) mass is 117 g/mol. The minimum atomic E-state index is -0.105. The van der Waals surface area contributed by atoms with Gasteiger partial charge in [0.05, 0.1) is 7.11 Å². The average Bonchev–Trinajstić information content (AvgIpc) is 1.83. The summed E-state index contributed by atoms with van der Waals surface area (Å²) in [4.78, 5) is 10.3. The van der Waals surface area contributed by atoms with Crippen LogP contribution >= 0.6 is 0 Å². The molecule has 0 heterocycles. The third-order valence-electron chi connectivity index (χ3n) is 0.962. The van der Waals surface area contributed by atoms with Crippen molar-refractivity contribution in [1.82, 2.24) is 0 Å². The van der Waals surface area contributed by atoms with Crippen LogP contribution in [0.5, 0.6) is 0 Å². The fourth-order valence-corrected chi connectivity index (χ4v) is 0.423. The molecule has 0 aliphatic heterocycles. The number of rotatable bonds is 3.